The summed E-state index contributed by atoms with van der Waals surface area (Å²) in [6.45, 7) is 0. The number of rotatable bonds is 2. The van der Waals surface area contributed by atoms with Crippen molar-refractivity contribution in [2.24, 2.45) is 0 Å². The van der Waals surface area contributed by atoms with Crippen molar-refractivity contribution in [3.63, 3.8) is 0 Å². The molecule has 106 valence electrons. The first-order valence-corrected chi connectivity index (χ1v) is 7.95. The van der Waals surface area contributed by atoms with E-state index in [4.69, 9.17) is 4.42 Å². The van der Waals surface area contributed by atoms with Gasteiger partial charge in [0, 0.05) is 10.9 Å². The zero-order valence-electron chi connectivity index (χ0n) is 11.8. The molecule has 0 radical (unpaired) electrons. The van der Waals surface area contributed by atoms with Gasteiger partial charge in [-0.15, -0.1) is 0 Å². The summed E-state index contributed by atoms with van der Waals surface area (Å²) in [4.78, 5) is 0. The predicted molar refractivity (Wildman–Crippen MR) is 94.8 cm³/mol. The molecule has 0 atom stereocenters. The Kier molecular flexibility index (Phi) is 3.32. The molecule has 4 aromatic rings. The van der Waals surface area contributed by atoms with E-state index in [1.807, 2.05) is 24.3 Å². The van der Waals surface area contributed by atoms with Crippen LogP contribution in [-0.4, -0.2) is 0 Å². The second-order valence-corrected chi connectivity index (χ2v) is 5.98. The number of hydrogen-bond donors (Lipinski definition) is 0. The normalized spacial score (nSPS) is 11.0. The van der Waals surface area contributed by atoms with Gasteiger partial charge in [-0.2, -0.15) is 0 Å². The molecule has 0 aliphatic rings. The highest BCUT2D eigenvalue weighted by atomic mass is 79.9. The lowest BCUT2D eigenvalue weighted by Gasteiger charge is -2.04. The molecule has 2 heteroatoms. The zero-order valence-corrected chi connectivity index (χ0v) is 13.4. The third-order valence-corrected chi connectivity index (χ3v) is 4.55. The Balaban J connectivity index is 1.87. The molecule has 0 saturated heterocycles. The molecule has 3 aromatic carbocycles. The van der Waals surface area contributed by atoms with Crippen molar-refractivity contribution < 1.29 is 4.42 Å². The van der Waals surface area contributed by atoms with Crippen LogP contribution in [0.5, 0.6) is 0 Å². The van der Waals surface area contributed by atoms with Gasteiger partial charge in [-0.05, 0) is 45.3 Å². The molecule has 1 nitrogen and oxygen atoms in total. The first kappa shape index (κ1) is 13.4. The van der Waals surface area contributed by atoms with Crippen LogP contribution in [0.15, 0.2) is 87.8 Å². The molecular formula is C20H13BrO. The minimum absolute atomic E-state index is 0.874. The number of fused-ring (bicyclic) bond motifs is 1. The smallest absolute Gasteiger partial charge is 0.149 e. The van der Waals surface area contributed by atoms with Crippen LogP contribution in [0.1, 0.15) is 0 Å². The maximum atomic E-state index is 6.03. The maximum Gasteiger partial charge on any atom is 0.149 e. The molecule has 0 N–H and O–H groups in total. The highest BCUT2D eigenvalue weighted by molar-refractivity contribution is 9.10. The lowest BCUT2D eigenvalue weighted by atomic mass is 10.0. The third kappa shape index (κ3) is 2.26. The van der Waals surface area contributed by atoms with Crippen LogP contribution in [-0.2, 0) is 0 Å². The Morgan fingerprint density at radius 2 is 1.32 bits per heavy atom. The molecule has 0 aliphatic heterocycles. The van der Waals surface area contributed by atoms with Crippen LogP contribution < -0.4 is 0 Å². The van der Waals surface area contributed by atoms with Gasteiger partial charge < -0.3 is 4.42 Å². The minimum atomic E-state index is 0.874. The first-order chi connectivity index (χ1) is 10.8. The van der Waals surface area contributed by atoms with Crippen molar-refractivity contribution in [2.45, 2.75) is 0 Å². The SMILES string of the molecule is Brc1c(-c2cccc(-c3ccccc3)c2)oc2ccccc12. The average Bonchev–Trinajstić information content (AvgIpc) is 2.93. The van der Waals surface area contributed by atoms with Crippen LogP contribution in [0.3, 0.4) is 0 Å². The molecule has 0 aliphatic carbocycles. The van der Waals surface area contributed by atoms with E-state index >= 15 is 0 Å². The molecular weight excluding hydrogens is 336 g/mol. The predicted octanol–water partition coefficient (Wildman–Crippen LogP) is 6.53. The van der Waals surface area contributed by atoms with E-state index in [9.17, 15) is 0 Å². The lowest BCUT2D eigenvalue weighted by molar-refractivity contribution is 0.630. The Hall–Kier alpha value is -2.32. The van der Waals surface area contributed by atoms with Crippen molar-refractivity contribution in [2.75, 3.05) is 0 Å². The van der Waals surface area contributed by atoms with E-state index in [0.717, 1.165) is 26.8 Å². The number of furan rings is 1. The number of hydrogen-bond acceptors (Lipinski definition) is 1. The number of benzene rings is 3. The van der Waals surface area contributed by atoms with Gasteiger partial charge in [-0.3, -0.25) is 0 Å². The summed E-state index contributed by atoms with van der Waals surface area (Å²) in [5.74, 6) is 0.874. The van der Waals surface area contributed by atoms with Crippen molar-refractivity contribution in [3.05, 3.63) is 83.3 Å². The van der Waals surface area contributed by atoms with Gasteiger partial charge in [0.1, 0.15) is 11.3 Å². The summed E-state index contributed by atoms with van der Waals surface area (Å²) in [5.41, 5.74) is 4.36. The molecule has 1 heterocycles. The van der Waals surface area contributed by atoms with Crippen LogP contribution in [0.4, 0.5) is 0 Å². The standard InChI is InChI=1S/C20H13BrO/c21-19-17-11-4-5-12-18(17)22-20(19)16-10-6-9-15(13-16)14-7-2-1-3-8-14/h1-13H. The van der Waals surface area contributed by atoms with Gasteiger partial charge in [0.25, 0.3) is 0 Å². The van der Waals surface area contributed by atoms with Crippen molar-refractivity contribution >= 4 is 26.9 Å². The minimum Gasteiger partial charge on any atom is -0.455 e. The van der Waals surface area contributed by atoms with Crippen LogP contribution in [0.2, 0.25) is 0 Å². The van der Waals surface area contributed by atoms with E-state index in [-0.39, 0.29) is 0 Å². The van der Waals surface area contributed by atoms with Crippen molar-refractivity contribution in [3.8, 4) is 22.5 Å². The molecule has 1 aromatic heterocycles. The van der Waals surface area contributed by atoms with Gasteiger partial charge in [0.2, 0.25) is 0 Å². The van der Waals surface area contributed by atoms with Crippen molar-refractivity contribution in [1.82, 2.24) is 0 Å². The molecule has 0 fully saturated rings. The number of para-hydroxylation sites is 1. The Labute approximate surface area is 137 Å². The van der Waals surface area contributed by atoms with E-state index < -0.39 is 0 Å². The first-order valence-electron chi connectivity index (χ1n) is 7.16. The fraction of sp³-hybridized carbons (Fsp3) is 0. The quantitative estimate of drug-likeness (QED) is 0.401. The second kappa shape index (κ2) is 5.47. The van der Waals surface area contributed by atoms with E-state index in [1.54, 1.807) is 0 Å². The molecule has 0 bridgehead atoms. The Morgan fingerprint density at radius 1 is 0.636 bits per heavy atom. The third-order valence-electron chi connectivity index (χ3n) is 3.77. The summed E-state index contributed by atoms with van der Waals surface area (Å²) >= 11 is 3.68. The van der Waals surface area contributed by atoms with Gasteiger partial charge in [-0.25, -0.2) is 0 Å². The van der Waals surface area contributed by atoms with Gasteiger partial charge in [0.15, 0.2) is 0 Å². The van der Waals surface area contributed by atoms with Gasteiger partial charge in [0.05, 0.1) is 4.47 Å². The van der Waals surface area contributed by atoms with Crippen LogP contribution in [0.25, 0.3) is 33.4 Å². The Morgan fingerprint density at radius 3 is 2.14 bits per heavy atom. The van der Waals surface area contributed by atoms with Crippen LogP contribution in [0, 0.1) is 0 Å². The average molecular weight is 349 g/mol. The summed E-state index contributed by atoms with van der Waals surface area (Å²) in [7, 11) is 0. The molecule has 0 unspecified atom stereocenters. The van der Waals surface area contributed by atoms with E-state index in [0.29, 0.717) is 0 Å². The molecule has 0 saturated carbocycles. The fourth-order valence-electron chi connectivity index (χ4n) is 2.67. The monoisotopic (exact) mass is 348 g/mol. The van der Waals surface area contributed by atoms with Crippen molar-refractivity contribution in [1.29, 1.82) is 0 Å². The van der Waals surface area contributed by atoms with E-state index in [2.05, 4.69) is 70.5 Å². The van der Waals surface area contributed by atoms with Crippen LogP contribution >= 0.6 is 15.9 Å². The summed E-state index contributed by atoms with van der Waals surface area (Å²) < 4.78 is 7.04. The molecule has 4 rings (SSSR count). The van der Waals surface area contributed by atoms with Gasteiger partial charge in [-0.1, -0.05) is 60.7 Å². The second-order valence-electron chi connectivity index (χ2n) is 5.19. The lowest BCUT2D eigenvalue weighted by Crippen LogP contribution is -1.80. The summed E-state index contributed by atoms with van der Waals surface area (Å²) in [5, 5.41) is 1.10. The number of halogens is 1. The molecule has 0 amide bonds. The largest absolute Gasteiger partial charge is 0.455 e. The summed E-state index contributed by atoms with van der Waals surface area (Å²) in [6, 6.07) is 26.9. The summed E-state index contributed by atoms with van der Waals surface area (Å²) in [6.07, 6.45) is 0. The molecule has 22 heavy (non-hydrogen) atoms. The zero-order chi connectivity index (χ0) is 14.9. The Bertz CT molecular complexity index is 938. The maximum absolute atomic E-state index is 6.03. The fourth-order valence-corrected chi connectivity index (χ4v) is 3.31. The van der Waals surface area contributed by atoms with E-state index in [1.165, 1.54) is 11.1 Å². The van der Waals surface area contributed by atoms with Gasteiger partial charge >= 0.3 is 0 Å². The highest BCUT2D eigenvalue weighted by Gasteiger charge is 2.13. The molecule has 0 spiro atoms. The topological polar surface area (TPSA) is 13.1 Å². The highest BCUT2D eigenvalue weighted by Crippen LogP contribution is 2.38.